The van der Waals surface area contributed by atoms with Gasteiger partial charge in [0.1, 0.15) is 0 Å². The third-order valence-electron chi connectivity index (χ3n) is 2.34. The Kier molecular flexibility index (Phi) is 37.8. The van der Waals surface area contributed by atoms with Gasteiger partial charge in [0.25, 0.3) is 29.8 Å². The molecule has 0 aliphatic heterocycles. The van der Waals surface area contributed by atoms with Crippen LogP contribution < -0.4 is 16.8 Å². The highest BCUT2D eigenvalue weighted by Gasteiger charge is 2.03. The third-order valence-corrected chi connectivity index (χ3v) is 2.43. The number of aliphatic carboxylic acids is 5. The Labute approximate surface area is 221 Å². The molecule has 212 valence electrons. The van der Waals surface area contributed by atoms with Crippen LogP contribution in [0.2, 0.25) is 0 Å². The van der Waals surface area contributed by atoms with E-state index in [0.29, 0.717) is 6.54 Å². The van der Waals surface area contributed by atoms with Crippen molar-refractivity contribution in [3.8, 4) is 0 Å². The van der Waals surface area contributed by atoms with Gasteiger partial charge in [-0.2, -0.15) is 4.99 Å². The molecule has 0 fully saturated rings. The average Bonchev–Trinajstić information content (AvgIpc) is 2.68. The molecule has 14 nitrogen and oxygen atoms in total. The van der Waals surface area contributed by atoms with E-state index in [0.717, 1.165) is 59.8 Å². The van der Waals surface area contributed by atoms with Crippen molar-refractivity contribution in [2.75, 3.05) is 19.6 Å². The highest BCUT2D eigenvalue weighted by atomic mass is 32.1. The van der Waals surface area contributed by atoms with Crippen LogP contribution in [0.1, 0.15) is 40.2 Å². The van der Waals surface area contributed by atoms with E-state index in [2.05, 4.69) is 27.7 Å². The molecule has 0 aliphatic carbocycles. The lowest BCUT2D eigenvalue weighted by Gasteiger charge is -2.12. The largest absolute Gasteiger partial charge is 0.481 e. The summed E-state index contributed by atoms with van der Waals surface area (Å²) in [5, 5.41) is 42.6. The standard InChI is InChI=1S/C12H18N4S.5C2H4O2/c13-5-6-15-8-11(14)7-10-1-3-12(4-2-10)16-9-17;5*1-2(3)4/h1-4,11,15H,5-8,13-14H2;5*1H3,(H,3,4)/t11-;;;;;/m0...../s1. The molecule has 0 aromatic heterocycles. The molecule has 0 spiro atoms. The molecule has 0 saturated heterocycles. The SMILES string of the molecule is CC(=O)O.CC(=O)O.CC(=O)O.CC(=O)O.CC(=O)O.NCCNC[C@@H](N)Cc1ccc(N=C=S)cc1. The van der Waals surface area contributed by atoms with Crippen LogP contribution in [0, 0.1) is 0 Å². The number of isothiocyanates is 1. The number of carboxylic acid groups (broad SMARTS) is 5. The Morgan fingerprint density at radius 1 is 0.838 bits per heavy atom. The highest BCUT2D eigenvalue weighted by molar-refractivity contribution is 7.78. The Bertz CT molecular complexity index is 725. The van der Waals surface area contributed by atoms with Crippen LogP contribution in [-0.2, 0) is 30.4 Å². The van der Waals surface area contributed by atoms with Crippen molar-refractivity contribution < 1.29 is 49.5 Å². The molecule has 0 radical (unpaired) electrons. The molecule has 0 amide bonds. The number of nitrogens with zero attached hydrogens (tertiary/aromatic N) is 1. The Balaban J connectivity index is -0.000000139. The second-order valence-corrected chi connectivity index (χ2v) is 6.60. The van der Waals surface area contributed by atoms with Gasteiger partial charge in [0.2, 0.25) is 0 Å². The van der Waals surface area contributed by atoms with Gasteiger partial charge >= 0.3 is 0 Å². The normalized spacial score (nSPS) is 8.84. The summed E-state index contributed by atoms with van der Waals surface area (Å²) < 4.78 is 0. The van der Waals surface area contributed by atoms with Gasteiger partial charge in [0.15, 0.2) is 0 Å². The maximum absolute atomic E-state index is 9.00. The second-order valence-electron chi connectivity index (χ2n) is 6.42. The van der Waals surface area contributed by atoms with Crippen LogP contribution in [0.15, 0.2) is 29.3 Å². The molecule has 0 aliphatic rings. The molecule has 10 N–H and O–H groups in total. The number of hydrogen-bond acceptors (Lipinski definition) is 10. The average molecular weight is 551 g/mol. The summed E-state index contributed by atoms with van der Waals surface area (Å²) >= 11 is 4.54. The third kappa shape index (κ3) is 88.6. The molecule has 1 aromatic carbocycles. The van der Waals surface area contributed by atoms with Crippen molar-refractivity contribution in [1.29, 1.82) is 0 Å². The van der Waals surface area contributed by atoms with E-state index in [-0.39, 0.29) is 6.04 Å². The lowest BCUT2D eigenvalue weighted by atomic mass is 10.1. The summed E-state index contributed by atoms with van der Waals surface area (Å²) in [4.78, 5) is 48.9. The number of benzene rings is 1. The zero-order valence-corrected chi connectivity index (χ0v) is 22.3. The van der Waals surface area contributed by atoms with E-state index in [9.17, 15) is 0 Å². The minimum absolute atomic E-state index is 0.0985. The van der Waals surface area contributed by atoms with Gasteiger partial charge < -0.3 is 42.3 Å². The lowest BCUT2D eigenvalue weighted by Crippen LogP contribution is -2.37. The second kappa shape index (κ2) is 32.2. The molecule has 0 saturated carbocycles. The van der Waals surface area contributed by atoms with Crippen molar-refractivity contribution in [1.82, 2.24) is 5.32 Å². The number of rotatable bonds is 7. The number of carboxylic acids is 5. The van der Waals surface area contributed by atoms with E-state index in [1.54, 1.807) is 0 Å². The van der Waals surface area contributed by atoms with E-state index in [1.807, 2.05) is 24.3 Å². The van der Waals surface area contributed by atoms with Gasteiger partial charge in [-0.25, -0.2) is 0 Å². The number of carbonyl (C=O) groups is 5. The zero-order valence-electron chi connectivity index (χ0n) is 21.5. The van der Waals surface area contributed by atoms with E-state index in [1.165, 1.54) is 5.56 Å². The van der Waals surface area contributed by atoms with Crippen LogP contribution in [0.3, 0.4) is 0 Å². The fourth-order valence-electron chi connectivity index (χ4n) is 1.52. The summed E-state index contributed by atoms with van der Waals surface area (Å²) in [5.41, 5.74) is 13.4. The Morgan fingerprint density at radius 2 is 1.16 bits per heavy atom. The molecule has 0 bridgehead atoms. The fraction of sp³-hybridized carbons (Fsp3) is 0.455. The number of nitrogens with two attached hydrogens (primary N) is 2. The maximum Gasteiger partial charge on any atom is 0.300 e. The number of thiocarbonyl (C=S) groups is 1. The minimum Gasteiger partial charge on any atom is -0.481 e. The highest BCUT2D eigenvalue weighted by Crippen LogP contribution is 2.13. The molecular weight excluding hydrogens is 512 g/mol. The number of nitrogens with one attached hydrogen (secondary N) is 1. The van der Waals surface area contributed by atoms with E-state index < -0.39 is 29.8 Å². The minimum atomic E-state index is -0.833. The van der Waals surface area contributed by atoms with Crippen LogP contribution in [0.5, 0.6) is 0 Å². The molecule has 1 aromatic rings. The molecule has 0 heterocycles. The van der Waals surface area contributed by atoms with Crippen molar-refractivity contribution in [3.05, 3.63) is 29.8 Å². The first kappa shape index (κ1) is 43.3. The van der Waals surface area contributed by atoms with Crippen LogP contribution in [0.25, 0.3) is 0 Å². The van der Waals surface area contributed by atoms with Gasteiger partial charge in [-0.1, -0.05) is 12.1 Å². The summed E-state index contributed by atoms with van der Waals surface area (Å²) in [7, 11) is 0. The van der Waals surface area contributed by atoms with Crippen LogP contribution >= 0.6 is 12.2 Å². The topological polar surface area (TPSA) is 263 Å². The van der Waals surface area contributed by atoms with Gasteiger partial charge in [-0.3, -0.25) is 24.0 Å². The van der Waals surface area contributed by atoms with Crippen LogP contribution in [-0.4, -0.2) is 86.2 Å². The number of hydrogen-bond donors (Lipinski definition) is 8. The lowest BCUT2D eigenvalue weighted by molar-refractivity contribution is -0.135. The summed E-state index contributed by atoms with van der Waals surface area (Å²) in [5.74, 6) is -4.17. The molecule has 1 rings (SSSR count). The van der Waals surface area contributed by atoms with Gasteiger partial charge in [0, 0.05) is 60.3 Å². The predicted molar refractivity (Wildman–Crippen MR) is 141 cm³/mol. The van der Waals surface area contributed by atoms with Gasteiger partial charge in [-0.05, 0) is 36.3 Å². The van der Waals surface area contributed by atoms with E-state index in [4.69, 9.17) is 61.0 Å². The Morgan fingerprint density at radius 3 is 1.43 bits per heavy atom. The molecule has 0 unspecified atom stereocenters. The maximum atomic E-state index is 9.00. The fourth-order valence-corrected chi connectivity index (χ4v) is 1.63. The smallest absolute Gasteiger partial charge is 0.300 e. The van der Waals surface area contributed by atoms with Crippen molar-refractivity contribution in [2.24, 2.45) is 16.5 Å². The summed E-state index contributed by atoms with van der Waals surface area (Å²) in [6.07, 6.45) is 0.832. The predicted octanol–water partition coefficient (Wildman–Crippen LogP) is 1.29. The summed E-state index contributed by atoms with van der Waals surface area (Å²) in [6, 6.07) is 7.94. The summed E-state index contributed by atoms with van der Waals surface area (Å²) in [6.45, 7) is 7.63. The van der Waals surface area contributed by atoms with Crippen molar-refractivity contribution >= 4 is 52.9 Å². The quantitative estimate of drug-likeness (QED) is 0.135. The Hall–Kier alpha value is -3.75. The zero-order chi connectivity index (χ0) is 30.4. The number of aliphatic imine (C=N–C) groups is 1. The van der Waals surface area contributed by atoms with Crippen molar-refractivity contribution in [2.45, 2.75) is 47.1 Å². The van der Waals surface area contributed by atoms with Gasteiger partial charge in [0.05, 0.1) is 10.8 Å². The first-order chi connectivity index (χ1) is 16.9. The molecule has 37 heavy (non-hydrogen) atoms. The van der Waals surface area contributed by atoms with Crippen LogP contribution in [0.4, 0.5) is 5.69 Å². The first-order valence-electron chi connectivity index (χ1n) is 10.2. The van der Waals surface area contributed by atoms with Crippen molar-refractivity contribution in [3.63, 3.8) is 0 Å². The van der Waals surface area contributed by atoms with E-state index >= 15 is 0 Å². The monoisotopic (exact) mass is 550 g/mol. The molecule has 1 atom stereocenters. The molecular formula is C22H38N4O10S. The van der Waals surface area contributed by atoms with Gasteiger partial charge in [-0.15, -0.1) is 0 Å². The first-order valence-corrected chi connectivity index (χ1v) is 10.6. The molecule has 15 heteroatoms.